The molecular formula is C19H31N. The van der Waals surface area contributed by atoms with Crippen LogP contribution in [0.15, 0.2) is 24.3 Å². The van der Waals surface area contributed by atoms with Crippen molar-refractivity contribution in [2.24, 2.45) is 5.92 Å². The summed E-state index contributed by atoms with van der Waals surface area (Å²) in [6, 6.07) is 9.72. The molecule has 0 spiro atoms. The Labute approximate surface area is 125 Å². The lowest BCUT2D eigenvalue weighted by Crippen LogP contribution is -2.18. The molecule has 0 bridgehead atoms. The summed E-state index contributed by atoms with van der Waals surface area (Å²) in [5.74, 6) is 0.963. The third kappa shape index (κ3) is 4.26. The average Bonchev–Trinajstić information content (AvgIpc) is 2.63. The highest BCUT2D eigenvalue weighted by atomic mass is 14.9. The van der Waals surface area contributed by atoms with Crippen molar-refractivity contribution in [1.82, 2.24) is 0 Å². The van der Waals surface area contributed by atoms with E-state index in [9.17, 15) is 0 Å². The van der Waals surface area contributed by atoms with Gasteiger partial charge in [0, 0.05) is 11.7 Å². The maximum absolute atomic E-state index is 3.74. The van der Waals surface area contributed by atoms with Gasteiger partial charge in [0.25, 0.3) is 0 Å². The Morgan fingerprint density at radius 2 is 1.70 bits per heavy atom. The third-order valence-corrected chi connectivity index (χ3v) is 4.79. The van der Waals surface area contributed by atoms with E-state index in [2.05, 4.69) is 57.3 Å². The number of benzene rings is 1. The summed E-state index contributed by atoms with van der Waals surface area (Å²) in [6.45, 7) is 9.15. The molecular weight excluding hydrogens is 242 g/mol. The summed E-state index contributed by atoms with van der Waals surface area (Å²) < 4.78 is 0. The number of hydrogen-bond acceptors (Lipinski definition) is 1. The largest absolute Gasteiger partial charge is 0.382 e. The van der Waals surface area contributed by atoms with Gasteiger partial charge in [-0.2, -0.15) is 0 Å². The van der Waals surface area contributed by atoms with Gasteiger partial charge in [-0.1, -0.05) is 59.1 Å². The maximum Gasteiger partial charge on any atom is 0.0342 e. The van der Waals surface area contributed by atoms with Gasteiger partial charge in [-0.3, -0.25) is 0 Å². The molecule has 1 fully saturated rings. The Hall–Kier alpha value is -0.980. The highest BCUT2D eigenvalue weighted by molar-refractivity contribution is 5.46. The van der Waals surface area contributed by atoms with Crippen LogP contribution < -0.4 is 5.32 Å². The summed E-state index contributed by atoms with van der Waals surface area (Å²) in [5.41, 5.74) is 2.95. The number of rotatable bonds is 3. The van der Waals surface area contributed by atoms with Gasteiger partial charge in [-0.25, -0.2) is 0 Å². The Bertz CT molecular complexity index is 399. The standard InChI is InChI=1S/C19H31N/c1-5-15-7-6-8-17(12-9-15)20-18-13-10-16(11-14-18)19(2,3)4/h10-11,13-15,17,20H,5-9,12H2,1-4H3. The minimum absolute atomic E-state index is 0.245. The van der Waals surface area contributed by atoms with Gasteiger partial charge in [0.2, 0.25) is 0 Å². The van der Waals surface area contributed by atoms with Crippen LogP contribution in [-0.2, 0) is 5.41 Å². The van der Waals surface area contributed by atoms with Gasteiger partial charge < -0.3 is 5.32 Å². The zero-order valence-corrected chi connectivity index (χ0v) is 13.7. The zero-order valence-electron chi connectivity index (χ0n) is 13.7. The van der Waals surface area contributed by atoms with Crippen LogP contribution in [0.1, 0.15) is 71.8 Å². The molecule has 0 aliphatic heterocycles. The molecule has 1 saturated carbocycles. The second kappa shape index (κ2) is 6.65. The van der Waals surface area contributed by atoms with Gasteiger partial charge in [-0.05, 0) is 48.3 Å². The summed E-state index contributed by atoms with van der Waals surface area (Å²) in [6.07, 6.45) is 8.23. The molecule has 1 N–H and O–H groups in total. The zero-order chi connectivity index (χ0) is 14.6. The fraction of sp³-hybridized carbons (Fsp3) is 0.684. The van der Waals surface area contributed by atoms with E-state index >= 15 is 0 Å². The molecule has 2 rings (SSSR count). The van der Waals surface area contributed by atoms with Crippen molar-refractivity contribution in [3.8, 4) is 0 Å². The molecule has 1 heteroatoms. The van der Waals surface area contributed by atoms with Crippen molar-refractivity contribution in [3.63, 3.8) is 0 Å². The molecule has 0 radical (unpaired) electrons. The van der Waals surface area contributed by atoms with Crippen molar-refractivity contribution in [2.45, 2.75) is 77.7 Å². The molecule has 1 aliphatic rings. The minimum Gasteiger partial charge on any atom is -0.382 e. The van der Waals surface area contributed by atoms with Gasteiger partial charge in [0.05, 0.1) is 0 Å². The van der Waals surface area contributed by atoms with E-state index in [-0.39, 0.29) is 5.41 Å². The van der Waals surface area contributed by atoms with Gasteiger partial charge in [-0.15, -0.1) is 0 Å². The average molecular weight is 273 g/mol. The lowest BCUT2D eigenvalue weighted by molar-refractivity contribution is 0.444. The Balaban J connectivity index is 1.93. The molecule has 1 aromatic carbocycles. The Kier molecular flexibility index (Phi) is 5.12. The minimum atomic E-state index is 0.245. The van der Waals surface area contributed by atoms with Crippen LogP contribution in [0.3, 0.4) is 0 Å². The van der Waals surface area contributed by atoms with E-state index in [0.29, 0.717) is 6.04 Å². The summed E-state index contributed by atoms with van der Waals surface area (Å²) >= 11 is 0. The smallest absolute Gasteiger partial charge is 0.0342 e. The first kappa shape index (κ1) is 15.4. The lowest BCUT2D eigenvalue weighted by atomic mass is 9.87. The highest BCUT2D eigenvalue weighted by Crippen LogP contribution is 2.28. The van der Waals surface area contributed by atoms with Crippen LogP contribution in [0.2, 0.25) is 0 Å². The fourth-order valence-corrected chi connectivity index (χ4v) is 3.23. The molecule has 112 valence electrons. The van der Waals surface area contributed by atoms with E-state index in [1.807, 2.05) is 0 Å². The van der Waals surface area contributed by atoms with Crippen LogP contribution in [0.4, 0.5) is 5.69 Å². The monoisotopic (exact) mass is 273 g/mol. The van der Waals surface area contributed by atoms with Crippen molar-refractivity contribution >= 4 is 5.69 Å². The van der Waals surface area contributed by atoms with Crippen LogP contribution in [0.25, 0.3) is 0 Å². The molecule has 1 aromatic rings. The summed E-state index contributed by atoms with van der Waals surface area (Å²) in [7, 11) is 0. The molecule has 0 aromatic heterocycles. The SMILES string of the molecule is CCC1CCCC(Nc2ccc(C(C)(C)C)cc2)CC1. The molecule has 0 saturated heterocycles. The first-order valence-electron chi connectivity index (χ1n) is 8.36. The second-order valence-electron chi connectivity index (χ2n) is 7.45. The Morgan fingerprint density at radius 1 is 1.00 bits per heavy atom. The van der Waals surface area contributed by atoms with Crippen LogP contribution in [0.5, 0.6) is 0 Å². The predicted octanol–water partition coefficient (Wildman–Crippen LogP) is 5.75. The quantitative estimate of drug-likeness (QED) is 0.691. The summed E-state index contributed by atoms with van der Waals surface area (Å²) in [5, 5.41) is 3.74. The molecule has 20 heavy (non-hydrogen) atoms. The van der Waals surface area contributed by atoms with E-state index in [1.165, 1.54) is 49.8 Å². The molecule has 0 heterocycles. The van der Waals surface area contributed by atoms with Crippen molar-refractivity contribution in [1.29, 1.82) is 0 Å². The molecule has 1 aliphatic carbocycles. The van der Waals surface area contributed by atoms with Gasteiger partial charge in [0.15, 0.2) is 0 Å². The van der Waals surface area contributed by atoms with Crippen LogP contribution in [0, 0.1) is 5.92 Å². The normalized spacial score (nSPS) is 24.2. The Morgan fingerprint density at radius 3 is 2.30 bits per heavy atom. The van der Waals surface area contributed by atoms with E-state index < -0.39 is 0 Å². The number of hydrogen-bond donors (Lipinski definition) is 1. The highest BCUT2D eigenvalue weighted by Gasteiger charge is 2.18. The third-order valence-electron chi connectivity index (χ3n) is 4.79. The second-order valence-corrected chi connectivity index (χ2v) is 7.45. The van der Waals surface area contributed by atoms with Crippen molar-refractivity contribution in [2.75, 3.05) is 5.32 Å². The number of nitrogens with one attached hydrogen (secondary N) is 1. The predicted molar refractivity (Wildman–Crippen MR) is 89.4 cm³/mol. The van der Waals surface area contributed by atoms with E-state index in [0.717, 1.165) is 5.92 Å². The molecule has 2 atom stereocenters. The summed E-state index contributed by atoms with van der Waals surface area (Å²) in [4.78, 5) is 0. The molecule has 0 amide bonds. The van der Waals surface area contributed by atoms with Gasteiger partial charge in [0.1, 0.15) is 0 Å². The topological polar surface area (TPSA) is 12.0 Å². The molecule has 1 nitrogen and oxygen atoms in total. The van der Waals surface area contributed by atoms with E-state index in [4.69, 9.17) is 0 Å². The van der Waals surface area contributed by atoms with Gasteiger partial charge >= 0.3 is 0 Å². The first-order valence-corrected chi connectivity index (χ1v) is 8.36. The molecule has 2 unspecified atom stereocenters. The lowest BCUT2D eigenvalue weighted by Gasteiger charge is -2.21. The van der Waals surface area contributed by atoms with Crippen molar-refractivity contribution < 1.29 is 0 Å². The van der Waals surface area contributed by atoms with Crippen LogP contribution in [-0.4, -0.2) is 6.04 Å². The first-order chi connectivity index (χ1) is 9.49. The van der Waals surface area contributed by atoms with Crippen molar-refractivity contribution in [3.05, 3.63) is 29.8 Å². The fourth-order valence-electron chi connectivity index (χ4n) is 3.23. The van der Waals surface area contributed by atoms with Crippen LogP contribution >= 0.6 is 0 Å². The number of anilines is 1. The maximum atomic E-state index is 3.74. The van der Waals surface area contributed by atoms with E-state index in [1.54, 1.807) is 0 Å².